The Morgan fingerprint density at radius 2 is 1.40 bits per heavy atom. The molecule has 3 rings (SSSR count). The molecule has 0 aliphatic heterocycles. The number of benzene rings is 2. The van der Waals surface area contributed by atoms with Crippen molar-refractivity contribution in [1.29, 1.82) is 0 Å². The van der Waals surface area contributed by atoms with E-state index in [-0.39, 0.29) is 0 Å². The van der Waals surface area contributed by atoms with Crippen LogP contribution in [-0.4, -0.2) is 4.98 Å². The molecule has 2 aromatic carbocycles. The molecule has 0 radical (unpaired) electrons. The van der Waals surface area contributed by atoms with Gasteiger partial charge in [0.25, 0.3) is 0 Å². The first kappa shape index (κ1) is 12.9. The molecule has 0 atom stereocenters. The molecule has 1 aromatic heterocycles. The lowest BCUT2D eigenvalue weighted by Gasteiger charge is -2.06. The van der Waals surface area contributed by atoms with Crippen LogP contribution in [0, 0.1) is 0 Å². The summed E-state index contributed by atoms with van der Waals surface area (Å²) in [6.07, 6.45) is 0. The van der Waals surface area contributed by atoms with Gasteiger partial charge in [0.05, 0.1) is 0 Å². The predicted molar refractivity (Wildman–Crippen MR) is 83.9 cm³/mol. The Hall–Kier alpha value is -2.13. The molecule has 0 aliphatic rings. The fourth-order valence-corrected chi connectivity index (χ4v) is 2.24. The molecule has 3 aromatic rings. The van der Waals surface area contributed by atoms with E-state index < -0.39 is 0 Å². The summed E-state index contributed by atoms with van der Waals surface area (Å²) in [5, 5.41) is 0. The Bertz CT molecular complexity index is 696. The molecule has 1 heterocycles. The van der Waals surface area contributed by atoms with Gasteiger partial charge in [-0.05, 0) is 45.3 Å². The highest BCUT2D eigenvalue weighted by Gasteiger charge is 2.01. The van der Waals surface area contributed by atoms with Gasteiger partial charge in [-0.1, -0.05) is 48.5 Å². The van der Waals surface area contributed by atoms with E-state index in [1.807, 2.05) is 60.7 Å². The highest BCUT2D eigenvalue weighted by Crippen LogP contribution is 2.25. The van der Waals surface area contributed by atoms with Gasteiger partial charge < -0.3 is 4.74 Å². The molecule has 3 heteroatoms. The SMILES string of the molecule is Brc1cccc(Oc2ccc(-c3ccccc3)cc2)n1. The second-order valence-corrected chi connectivity index (χ2v) is 5.10. The molecular formula is C17H12BrNO. The predicted octanol–water partition coefficient (Wildman–Crippen LogP) is 5.30. The Balaban J connectivity index is 1.80. The summed E-state index contributed by atoms with van der Waals surface area (Å²) >= 11 is 3.33. The van der Waals surface area contributed by atoms with Crippen molar-refractivity contribution in [3.63, 3.8) is 0 Å². The first-order valence-electron chi connectivity index (χ1n) is 6.27. The van der Waals surface area contributed by atoms with E-state index in [0.717, 1.165) is 10.4 Å². The van der Waals surface area contributed by atoms with Crippen molar-refractivity contribution in [2.24, 2.45) is 0 Å². The third kappa shape index (κ3) is 3.06. The van der Waals surface area contributed by atoms with Crippen molar-refractivity contribution < 1.29 is 4.74 Å². The average molecular weight is 326 g/mol. The van der Waals surface area contributed by atoms with Crippen LogP contribution in [0.5, 0.6) is 11.6 Å². The van der Waals surface area contributed by atoms with Crippen LogP contribution in [0.4, 0.5) is 0 Å². The number of halogens is 1. The summed E-state index contributed by atoms with van der Waals surface area (Å²) < 4.78 is 6.47. The number of aromatic nitrogens is 1. The van der Waals surface area contributed by atoms with E-state index in [2.05, 4.69) is 33.0 Å². The second kappa shape index (κ2) is 5.88. The van der Waals surface area contributed by atoms with Crippen molar-refractivity contribution in [3.8, 4) is 22.8 Å². The summed E-state index contributed by atoms with van der Waals surface area (Å²) in [6, 6.07) is 23.8. The summed E-state index contributed by atoms with van der Waals surface area (Å²) in [5.41, 5.74) is 2.36. The molecule has 0 fully saturated rings. The standard InChI is InChI=1S/C17H12BrNO/c18-16-7-4-8-17(19-16)20-15-11-9-14(10-12-15)13-5-2-1-3-6-13/h1-12H. The van der Waals surface area contributed by atoms with Gasteiger partial charge in [0.2, 0.25) is 5.88 Å². The first-order chi connectivity index (χ1) is 9.81. The quantitative estimate of drug-likeness (QED) is 0.609. The maximum Gasteiger partial charge on any atom is 0.220 e. The van der Waals surface area contributed by atoms with Crippen molar-refractivity contribution in [3.05, 3.63) is 77.4 Å². The van der Waals surface area contributed by atoms with Crippen LogP contribution in [0.1, 0.15) is 0 Å². The smallest absolute Gasteiger partial charge is 0.220 e. The molecule has 0 saturated heterocycles. The van der Waals surface area contributed by atoms with Crippen LogP contribution in [0.3, 0.4) is 0 Å². The maximum atomic E-state index is 5.71. The third-order valence-electron chi connectivity index (χ3n) is 2.87. The summed E-state index contributed by atoms with van der Waals surface area (Å²) in [6.45, 7) is 0. The van der Waals surface area contributed by atoms with Gasteiger partial charge in [-0.15, -0.1) is 0 Å². The van der Waals surface area contributed by atoms with E-state index in [1.165, 1.54) is 11.1 Å². The van der Waals surface area contributed by atoms with Crippen molar-refractivity contribution in [1.82, 2.24) is 4.98 Å². The van der Waals surface area contributed by atoms with Crippen LogP contribution in [0.15, 0.2) is 77.4 Å². The minimum absolute atomic E-state index is 0.576. The maximum absolute atomic E-state index is 5.71. The fourth-order valence-electron chi connectivity index (χ4n) is 1.91. The van der Waals surface area contributed by atoms with Crippen molar-refractivity contribution in [2.45, 2.75) is 0 Å². The van der Waals surface area contributed by atoms with Crippen molar-refractivity contribution >= 4 is 15.9 Å². The molecule has 0 aliphatic carbocycles. The molecule has 0 unspecified atom stereocenters. The lowest BCUT2D eigenvalue weighted by molar-refractivity contribution is 0.462. The minimum Gasteiger partial charge on any atom is -0.439 e. The fraction of sp³-hybridized carbons (Fsp3) is 0. The Kier molecular flexibility index (Phi) is 3.79. The lowest BCUT2D eigenvalue weighted by atomic mass is 10.1. The Labute approximate surface area is 126 Å². The number of hydrogen-bond acceptors (Lipinski definition) is 2. The van der Waals surface area contributed by atoms with Gasteiger partial charge in [0, 0.05) is 6.07 Å². The lowest BCUT2D eigenvalue weighted by Crippen LogP contribution is -1.87. The summed E-state index contributed by atoms with van der Waals surface area (Å²) in [7, 11) is 0. The number of nitrogens with zero attached hydrogens (tertiary/aromatic N) is 1. The molecule has 0 N–H and O–H groups in total. The number of hydrogen-bond donors (Lipinski definition) is 0. The van der Waals surface area contributed by atoms with Crippen LogP contribution in [0.25, 0.3) is 11.1 Å². The normalized spacial score (nSPS) is 10.2. The Morgan fingerprint density at radius 1 is 0.700 bits per heavy atom. The molecule has 98 valence electrons. The van der Waals surface area contributed by atoms with Gasteiger partial charge in [0.1, 0.15) is 10.4 Å². The van der Waals surface area contributed by atoms with Gasteiger partial charge in [-0.25, -0.2) is 4.98 Å². The Morgan fingerprint density at radius 3 is 2.10 bits per heavy atom. The van der Waals surface area contributed by atoms with Crippen LogP contribution >= 0.6 is 15.9 Å². The number of rotatable bonds is 3. The van der Waals surface area contributed by atoms with Gasteiger partial charge in [0.15, 0.2) is 0 Å². The summed E-state index contributed by atoms with van der Waals surface area (Å²) in [5.74, 6) is 1.35. The van der Waals surface area contributed by atoms with Crippen LogP contribution in [0.2, 0.25) is 0 Å². The summed E-state index contributed by atoms with van der Waals surface area (Å²) in [4.78, 5) is 4.24. The molecule has 0 saturated carbocycles. The molecular weight excluding hydrogens is 314 g/mol. The first-order valence-corrected chi connectivity index (χ1v) is 7.06. The molecule has 2 nitrogen and oxygen atoms in total. The molecule has 0 amide bonds. The monoisotopic (exact) mass is 325 g/mol. The zero-order chi connectivity index (χ0) is 13.8. The van der Waals surface area contributed by atoms with E-state index in [0.29, 0.717) is 5.88 Å². The second-order valence-electron chi connectivity index (χ2n) is 4.29. The third-order valence-corrected chi connectivity index (χ3v) is 3.32. The molecule has 0 spiro atoms. The number of ether oxygens (including phenoxy) is 1. The minimum atomic E-state index is 0.576. The van der Waals surface area contributed by atoms with E-state index in [1.54, 1.807) is 0 Å². The van der Waals surface area contributed by atoms with E-state index >= 15 is 0 Å². The highest BCUT2D eigenvalue weighted by molar-refractivity contribution is 9.10. The topological polar surface area (TPSA) is 22.1 Å². The molecule has 0 bridgehead atoms. The molecule has 20 heavy (non-hydrogen) atoms. The van der Waals surface area contributed by atoms with Crippen LogP contribution < -0.4 is 4.74 Å². The zero-order valence-corrected chi connectivity index (χ0v) is 12.2. The average Bonchev–Trinajstić information content (AvgIpc) is 2.49. The van der Waals surface area contributed by atoms with Crippen LogP contribution in [-0.2, 0) is 0 Å². The van der Waals surface area contributed by atoms with Gasteiger partial charge >= 0.3 is 0 Å². The zero-order valence-electron chi connectivity index (χ0n) is 10.7. The van der Waals surface area contributed by atoms with E-state index in [9.17, 15) is 0 Å². The van der Waals surface area contributed by atoms with E-state index in [4.69, 9.17) is 4.74 Å². The largest absolute Gasteiger partial charge is 0.439 e. The van der Waals surface area contributed by atoms with Gasteiger partial charge in [-0.3, -0.25) is 0 Å². The van der Waals surface area contributed by atoms with Gasteiger partial charge in [-0.2, -0.15) is 0 Å². The highest BCUT2D eigenvalue weighted by atomic mass is 79.9. The number of pyridine rings is 1. The van der Waals surface area contributed by atoms with Crippen molar-refractivity contribution in [2.75, 3.05) is 0 Å².